The molecular formula is C19H18ClN3O4. The third kappa shape index (κ3) is 5.21. The molecule has 1 aromatic heterocycles. The summed E-state index contributed by atoms with van der Waals surface area (Å²) in [6.07, 6.45) is 0. The van der Waals surface area contributed by atoms with Crippen LogP contribution in [0.25, 0.3) is 0 Å². The molecule has 27 heavy (non-hydrogen) atoms. The Morgan fingerprint density at radius 3 is 2.48 bits per heavy atom. The number of aromatic nitrogens is 2. The van der Waals surface area contributed by atoms with Crippen molar-refractivity contribution in [2.24, 2.45) is 0 Å². The molecule has 0 atom stereocenters. The first kappa shape index (κ1) is 18.7. The third-order valence-corrected chi connectivity index (χ3v) is 3.78. The quantitative estimate of drug-likeness (QED) is 0.656. The number of nitrogens with zero attached hydrogens (tertiary/aromatic N) is 2. The van der Waals surface area contributed by atoms with Crippen LogP contribution in [0.3, 0.4) is 0 Å². The smallest absolute Gasteiger partial charge is 0.322 e. The second-order valence-electron chi connectivity index (χ2n) is 6.12. The van der Waals surface area contributed by atoms with Gasteiger partial charge in [0, 0.05) is 5.02 Å². The molecule has 0 saturated heterocycles. The van der Waals surface area contributed by atoms with Crippen LogP contribution in [0, 0.1) is 0 Å². The van der Waals surface area contributed by atoms with Gasteiger partial charge >= 0.3 is 6.01 Å². The van der Waals surface area contributed by atoms with Gasteiger partial charge in [0.2, 0.25) is 0 Å². The standard InChI is InChI=1S/C19H18ClN3O4/c1-19(2,27-15-10-8-13(20)9-11-15)17(24)21-18-23-22-16(26-18)12-25-14-6-4-3-5-7-14/h3-11H,12H2,1-2H3,(H,21,23,24). The summed E-state index contributed by atoms with van der Waals surface area (Å²) in [7, 11) is 0. The van der Waals surface area contributed by atoms with Gasteiger partial charge in [-0.2, -0.15) is 0 Å². The highest BCUT2D eigenvalue weighted by atomic mass is 35.5. The number of rotatable bonds is 7. The second-order valence-corrected chi connectivity index (χ2v) is 6.56. The van der Waals surface area contributed by atoms with Crippen molar-refractivity contribution in [3.8, 4) is 11.5 Å². The number of nitrogens with one attached hydrogen (secondary N) is 1. The van der Waals surface area contributed by atoms with Crippen molar-refractivity contribution in [1.29, 1.82) is 0 Å². The first-order valence-electron chi connectivity index (χ1n) is 8.19. The van der Waals surface area contributed by atoms with Crippen LogP contribution in [0.4, 0.5) is 6.01 Å². The molecule has 0 aliphatic carbocycles. The van der Waals surface area contributed by atoms with E-state index in [9.17, 15) is 4.79 Å². The summed E-state index contributed by atoms with van der Waals surface area (Å²) in [5, 5.41) is 10.8. The summed E-state index contributed by atoms with van der Waals surface area (Å²) >= 11 is 5.85. The van der Waals surface area contributed by atoms with Gasteiger partial charge in [0.05, 0.1) is 0 Å². The molecule has 1 heterocycles. The Kier molecular flexibility index (Phi) is 5.61. The Morgan fingerprint density at radius 1 is 1.07 bits per heavy atom. The van der Waals surface area contributed by atoms with Crippen LogP contribution in [0.2, 0.25) is 5.02 Å². The SMILES string of the molecule is CC(C)(Oc1ccc(Cl)cc1)C(=O)Nc1nnc(COc2ccccc2)o1. The van der Waals surface area contributed by atoms with Crippen molar-refractivity contribution in [3.63, 3.8) is 0 Å². The van der Waals surface area contributed by atoms with Crippen molar-refractivity contribution in [1.82, 2.24) is 10.2 Å². The number of carbonyl (C=O) groups is 1. The van der Waals surface area contributed by atoms with Gasteiger partial charge in [-0.1, -0.05) is 34.9 Å². The zero-order chi connectivity index (χ0) is 19.3. The summed E-state index contributed by atoms with van der Waals surface area (Å²) in [5.74, 6) is 1.00. The fraction of sp³-hybridized carbons (Fsp3) is 0.211. The molecule has 7 nitrogen and oxygen atoms in total. The largest absolute Gasteiger partial charge is 0.484 e. The van der Waals surface area contributed by atoms with E-state index >= 15 is 0 Å². The van der Waals surface area contributed by atoms with Crippen molar-refractivity contribution in [2.75, 3.05) is 5.32 Å². The highest BCUT2D eigenvalue weighted by Crippen LogP contribution is 2.22. The van der Waals surface area contributed by atoms with Crippen LogP contribution in [0.1, 0.15) is 19.7 Å². The van der Waals surface area contributed by atoms with E-state index < -0.39 is 11.5 Å². The molecule has 0 saturated carbocycles. The molecule has 3 aromatic rings. The fourth-order valence-electron chi connectivity index (χ4n) is 2.12. The van der Waals surface area contributed by atoms with Gasteiger partial charge < -0.3 is 13.9 Å². The van der Waals surface area contributed by atoms with Crippen molar-refractivity contribution in [3.05, 3.63) is 65.5 Å². The van der Waals surface area contributed by atoms with Gasteiger partial charge in [0.15, 0.2) is 12.2 Å². The Balaban J connectivity index is 1.57. The number of para-hydroxylation sites is 1. The molecule has 3 rings (SSSR count). The molecule has 0 spiro atoms. The molecule has 0 aliphatic rings. The van der Waals surface area contributed by atoms with Gasteiger partial charge in [-0.25, -0.2) is 0 Å². The van der Waals surface area contributed by atoms with Crippen LogP contribution in [-0.4, -0.2) is 21.7 Å². The first-order chi connectivity index (χ1) is 12.9. The molecule has 0 unspecified atom stereocenters. The van der Waals surface area contributed by atoms with E-state index in [1.54, 1.807) is 38.1 Å². The monoisotopic (exact) mass is 387 g/mol. The van der Waals surface area contributed by atoms with Crippen molar-refractivity contribution < 1.29 is 18.7 Å². The minimum atomic E-state index is -1.16. The maximum Gasteiger partial charge on any atom is 0.322 e. The first-order valence-corrected chi connectivity index (χ1v) is 8.56. The molecule has 1 N–H and O–H groups in total. The summed E-state index contributed by atoms with van der Waals surface area (Å²) in [4.78, 5) is 12.5. The Labute approximate surface area is 161 Å². The van der Waals surface area contributed by atoms with Crippen LogP contribution >= 0.6 is 11.6 Å². The van der Waals surface area contributed by atoms with Crippen LogP contribution in [-0.2, 0) is 11.4 Å². The van der Waals surface area contributed by atoms with Gasteiger partial charge in [-0.3, -0.25) is 10.1 Å². The number of benzene rings is 2. The number of anilines is 1. The average molecular weight is 388 g/mol. The molecule has 2 aromatic carbocycles. The predicted octanol–water partition coefficient (Wildman–Crippen LogP) is 4.10. The second kappa shape index (κ2) is 8.09. The maximum atomic E-state index is 12.5. The highest BCUT2D eigenvalue weighted by Gasteiger charge is 2.31. The number of ether oxygens (including phenoxy) is 2. The zero-order valence-electron chi connectivity index (χ0n) is 14.8. The third-order valence-electron chi connectivity index (χ3n) is 3.53. The van der Waals surface area contributed by atoms with Gasteiger partial charge in [-0.15, -0.1) is 5.10 Å². The summed E-state index contributed by atoms with van der Waals surface area (Å²) in [6, 6.07) is 15.9. The molecule has 0 aliphatic heterocycles. The number of carbonyl (C=O) groups excluding carboxylic acids is 1. The molecule has 0 bridgehead atoms. The van der Waals surface area contributed by atoms with E-state index in [2.05, 4.69) is 15.5 Å². The van der Waals surface area contributed by atoms with E-state index in [1.165, 1.54) is 0 Å². The van der Waals surface area contributed by atoms with Gasteiger partial charge in [0.1, 0.15) is 11.5 Å². The topological polar surface area (TPSA) is 86.5 Å². The normalized spacial score (nSPS) is 11.1. The highest BCUT2D eigenvalue weighted by molar-refractivity contribution is 6.30. The van der Waals surface area contributed by atoms with E-state index in [0.717, 1.165) is 0 Å². The average Bonchev–Trinajstić information content (AvgIpc) is 3.10. The lowest BCUT2D eigenvalue weighted by molar-refractivity contribution is -0.128. The Morgan fingerprint density at radius 2 is 1.78 bits per heavy atom. The minimum absolute atomic E-state index is 0.0283. The van der Waals surface area contributed by atoms with Gasteiger partial charge in [0.25, 0.3) is 11.8 Å². The zero-order valence-corrected chi connectivity index (χ0v) is 15.6. The Hall–Kier alpha value is -3.06. The fourth-order valence-corrected chi connectivity index (χ4v) is 2.24. The maximum absolute atomic E-state index is 12.5. The minimum Gasteiger partial charge on any atom is -0.484 e. The van der Waals surface area contributed by atoms with E-state index in [-0.39, 0.29) is 18.5 Å². The Bertz CT molecular complexity index is 895. The van der Waals surface area contributed by atoms with E-state index in [4.69, 9.17) is 25.5 Å². The number of halogens is 1. The molecule has 8 heteroatoms. The number of amides is 1. The molecule has 140 valence electrons. The lowest BCUT2D eigenvalue weighted by atomic mass is 10.1. The predicted molar refractivity (Wildman–Crippen MR) is 99.9 cm³/mol. The lowest BCUT2D eigenvalue weighted by Crippen LogP contribution is -2.42. The molecule has 0 radical (unpaired) electrons. The number of hydrogen-bond acceptors (Lipinski definition) is 6. The van der Waals surface area contributed by atoms with Crippen LogP contribution < -0.4 is 14.8 Å². The van der Waals surface area contributed by atoms with Crippen LogP contribution in [0.5, 0.6) is 11.5 Å². The summed E-state index contributed by atoms with van der Waals surface area (Å²) in [5.41, 5.74) is -1.16. The van der Waals surface area contributed by atoms with Gasteiger partial charge in [-0.05, 0) is 50.2 Å². The lowest BCUT2D eigenvalue weighted by Gasteiger charge is -2.24. The van der Waals surface area contributed by atoms with E-state index in [0.29, 0.717) is 16.5 Å². The molecule has 1 amide bonds. The van der Waals surface area contributed by atoms with Crippen molar-refractivity contribution in [2.45, 2.75) is 26.1 Å². The van der Waals surface area contributed by atoms with Crippen molar-refractivity contribution >= 4 is 23.5 Å². The molecular weight excluding hydrogens is 370 g/mol. The summed E-state index contributed by atoms with van der Waals surface area (Å²) in [6.45, 7) is 3.36. The van der Waals surface area contributed by atoms with E-state index in [1.807, 2.05) is 30.3 Å². The molecule has 0 fully saturated rings. The number of hydrogen-bond donors (Lipinski definition) is 1. The van der Waals surface area contributed by atoms with Crippen LogP contribution in [0.15, 0.2) is 59.0 Å². The summed E-state index contributed by atoms with van der Waals surface area (Å²) < 4.78 is 16.6.